The van der Waals surface area contributed by atoms with Gasteiger partial charge in [0.25, 0.3) is 5.91 Å². The molecule has 0 saturated carbocycles. The van der Waals surface area contributed by atoms with Gasteiger partial charge in [0.1, 0.15) is 0 Å². The minimum absolute atomic E-state index is 0.0223. The van der Waals surface area contributed by atoms with Crippen LogP contribution in [0, 0.1) is 6.92 Å². The Hall–Kier alpha value is -3.39. The second-order valence-corrected chi connectivity index (χ2v) is 6.97. The van der Waals surface area contributed by atoms with Crippen LogP contribution >= 0.6 is 11.6 Å². The molecule has 0 unspecified atom stereocenters. The zero-order chi connectivity index (χ0) is 21.5. The number of fused-ring (bicyclic) bond motifs is 1. The summed E-state index contributed by atoms with van der Waals surface area (Å²) < 4.78 is 43.5. The van der Waals surface area contributed by atoms with Gasteiger partial charge in [-0.15, -0.1) is 0 Å². The number of carbonyl (C=O) groups is 1. The summed E-state index contributed by atoms with van der Waals surface area (Å²) in [4.78, 5) is 16.8. The monoisotopic (exact) mass is 430 g/mol. The Morgan fingerprint density at radius 1 is 1.07 bits per heavy atom. The van der Waals surface area contributed by atoms with E-state index in [0.29, 0.717) is 16.4 Å². The number of aromatic nitrogens is 3. The van der Waals surface area contributed by atoms with Crippen molar-refractivity contribution in [1.82, 2.24) is 14.8 Å². The predicted molar refractivity (Wildman–Crippen MR) is 108 cm³/mol. The van der Waals surface area contributed by atoms with E-state index in [1.807, 2.05) is 0 Å². The smallest absolute Gasteiger partial charge is 0.322 e. The minimum Gasteiger partial charge on any atom is -0.322 e. The van der Waals surface area contributed by atoms with Gasteiger partial charge in [-0.3, -0.25) is 4.79 Å². The molecule has 4 rings (SSSR count). The molecule has 4 aromatic rings. The fourth-order valence-corrected chi connectivity index (χ4v) is 3.33. The van der Waals surface area contributed by atoms with E-state index >= 15 is 0 Å². The summed E-state index contributed by atoms with van der Waals surface area (Å²) >= 11 is 5.81. The Bertz CT molecular complexity index is 1240. The first-order valence-electron chi connectivity index (χ1n) is 8.83. The normalized spacial score (nSPS) is 11.6. The van der Waals surface area contributed by atoms with Crippen molar-refractivity contribution in [2.45, 2.75) is 13.1 Å². The van der Waals surface area contributed by atoms with Crippen LogP contribution in [0.15, 0.2) is 60.8 Å². The SMILES string of the molecule is Cc1nn(-c2ccccc2)c2ncc(C(=O)Nc3ccc(Cl)cc3)c(C(F)(F)F)c12. The summed E-state index contributed by atoms with van der Waals surface area (Å²) in [5, 5.41) is 6.92. The van der Waals surface area contributed by atoms with Crippen LogP contribution in [0.3, 0.4) is 0 Å². The number of nitrogens with zero attached hydrogens (tertiary/aromatic N) is 3. The van der Waals surface area contributed by atoms with Crippen molar-refractivity contribution < 1.29 is 18.0 Å². The van der Waals surface area contributed by atoms with Crippen LogP contribution in [0.1, 0.15) is 21.6 Å². The molecule has 1 N–H and O–H groups in total. The number of benzene rings is 2. The fourth-order valence-electron chi connectivity index (χ4n) is 3.20. The molecule has 1 amide bonds. The summed E-state index contributed by atoms with van der Waals surface area (Å²) in [5.41, 5.74) is -0.632. The van der Waals surface area contributed by atoms with E-state index in [1.54, 1.807) is 30.3 Å². The molecular weight excluding hydrogens is 417 g/mol. The van der Waals surface area contributed by atoms with Gasteiger partial charge in [-0.05, 0) is 43.3 Å². The molecule has 2 aromatic heterocycles. The molecule has 5 nitrogen and oxygen atoms in total. The fraction of sp³-hybridized carbons (Fsp3) is 0.0952. The minimum atomic E-state index is -4.79. The van der Waals surface area contributed by atoms with Crippen molar-refractivity contribution in [3.8, 4) is 5.69 Å². The Morgan fingerprint density at radius 3 is 2.37 bits per heavy atom. The zero-order valence-electron chi connectivity index (χ0n) is 15.5. The zero-order valence-corrected chi connectivity index (χ0v) is 16.3. The van der Waals surface area contributed by atoms with Crippen molar-refractivity contribution in [2.24, 2.45) is 0 Å². The highest BCUT2D eigenvalue weighted by Gasteiger charge is 2.39. The maximum absolute atomic E-state index is 14.1. The largest absolute Gasteiger partial charge is 0.418 e. The van der Waals surface area contributed by atoms with Crippen molar-refractivity contribution in [2.75, 3.05) is 5.32 Å². The Balaban J connectivity index is 1.88. The number of para-hydroxylation sites is 1. The van der Waals surface area contributed by atoms with Gasteiger partial charge in [0.05, 0.1) is 27.9 Å². The number of rotatable bonds is 3. The van der Waals surface area contributed by atoms with Crippen LogP contribution in [0.25, 0.3) is 16.7 Å². The Morgan fingerprint density at radius 2 is 1.73 bits per heavy atom. The number of alkyl halides is 3. The van der Waals surface area contributed by atoms with Gasteiger partial charge in [-0.25, -0.2) is 9.67 Å². The lowest BCUT2D eigenvalue weighted by atomic mass is 10.0. The maximum atomic E-state index is 14.1. The number of halogens is 4. The molecule has 152 valence electrons. The topological polar surface area (TPSA) is 59.8 Å². The first kappa shape index (κ1) is 19.9. The average Bonchev–Trinajstić information content (AvgIpc) is 3.05. The van der Waals surface area contributed by atoms with E-state index in [9.17, 15) is 18.0 Å². The molecule has 0 radical (unpaired) electrons. The van der Waals surface area contributed by atoms with E-state index in [4.69, 9.17) is 11.6 Å². The summed E-state index contributed by atoms with van der Waals surface area (Å²) in [5.74, 6) is -0.925. The first-order valence-corrected chi connectivity index (χ1v) is 9.21. The number of carbonyl (C=O) groups excluding carboxylic acids is 1. The summed E-state index contributed by atoms with van der Waals surface area (Å²) in [6.07, 6.45) is -3.86. The third-order valence-electron chi connectivity index (χ3n) is 4.50. The number of nitrogens with one attached hydrogen (secondary N) is 1. The predicted octanol–water partition coefficient (Wildman–Crippen LogP) is 5.65. The van der Waals surface area contributed by atoms with Gasteiger partial charge in [0, 0.05) is 16.9 Å². The number of anilines is 1. The van der Waals surface area contributed by atoms with Gasteiger partial charge >= 0.3 is 6.18 Å². The van der Waals surface area contributed by atoms with Gasteiger partial charge in [-0.2, -0.15) is 18.3 Å². The number of hydrogen-bond donors (Lipinski definition) is 1. The van der Waals surface area contributed by atoms with Gasteiger partial charge in [-0.1, -0.05) is 29.8 Å². The van der Waals surface area contributed by atoms with E-state index in [0.717, 1.165) is 6.20 Å². The highest BCUT2D eigenvalue weighted by Crippen LogP contribution is 2.39. The highest BCUT2D eigenvalue weighted by atomic mass is 35.5. The quantitative estimate of drug-likeness (QED) is 0.456. The average molecular weight is 431 g/mol. The Kier molecular flexibility index (Phi) is 4.95. The van der Waals surface area contributed by atoms with Crippen LogP contribution in [0.4, 0.5) is 18.9 Å². The van der Waals surface area contributed by atoms with Crippen LogP contribution < -0.4 is 5.32 Å². The summed E-state index contributed by atoms with van der Waals surface area (Å²) in [6.45, 7) is 1.46. The van der Waals surface area contributed by atoms with Gasteiger partial charge in [0.2, 0.25) is 0 Å². The highest BCUT2D eigenvalue weighted by molar-refractivity contribution is 6.30. The molecule has 0 aliphatic rings. The number of aryl methyl sites for hydroxylation is 1. The molecule has 2 heterocycles. The van der Waals surface area contributed by atoms with E-state index < -0.39 is 23.2 Å². The van der Waals surface area contributed by atoms with Crippen LogP contribution in [0.5, 0.6) is 0 Å². The van der Waals surface area contributed by atoms with Gasteiger partial charge in [0.15, 0.2) is 5.65 Å². The van der Waals surface area contributed by atoms with Crippen LogP contribution in [0.2, 0.25) is 5.02 Å². The van der Waals surface area contributed by atoms with Crippen molar-refractivity contribution in [3.05, 3.63) is 82.6 Å². The molecule has 0 fully saturated rings. The molecule has 0 bridgehead atoms. The first-order chi connectivity index (χ1) is 14.3. The standard InChI is InChI=1S/C21H14ClF3N4O/c1-12-17-18(21(23,24)25)16(20(30)27-14-9-7-13(22)8-10-14)11-26-19(17)29(28-12)15-5-3-2-4-6-15/h2-11H,1H3,(H,27,30). The summed E-state index contributed by atoms with van der Waals surface area (Å²) in [7, 11) is 0. The van der Waals surface area contributed by atoms with E-state index in [-0.39, 0.29) is 16.7 Å². The van der Waals surface area contributed by atoms with Crippen molar-refractivity contribution >= 4 is 34.2 Å². The summed E-state index contributed by atoms with van der Waals surface area (Å²) in [6, 6.07) is 14.7. The molecular formula is C21H14ClF3N4O. The lowest BCUT2D eigenvalue weighted by Gasteiger charge is -2.14. The molecule has 0 spiro atoms. The molecule has 2 aromatic carbocycles. The second-order valence-electron chi connectivity index (χ2n) is 6.54. The van der Waals surface area contributed by atoms with Crippen LogP contribution in [-0.2, 0) is 6.18 Å². The lowest BCUT2D eigenvalue weighted by Crippen LogP contribution is -2.20. The van der Waals surface area contributed by atoms with E-state index in [1.165, 1.54) is 35.9 Å². The number of amides is 1. The second kappa shape index (κ2) is 7.46. The molecule has 30 heavy (non-hydrogen) atoms. The lowest BCUT2D eigenvalue weighted by molar-refractivity contribution is -0.136. The molecule has 0 aliphatic heterocycles. The maximum Gasteiger partial charge on any atom is 0.418 e. The van der Waals surface area contributed by atoms with Crippen molar-refractivity contribution in [3.63, 3.8) is 0 Å². The number of hydrogen-bond acceptors (Lipinski definition) is 3. The van der Waals surface area contributed by atoms with E-state index in [2.05, 4.69) is 15.4 Å². The molecule has 0 atom stereocenters. The molecule has 0 saturated heterocycles. The number of pyridine rings is 1. The third-order valence-corrected chi connectivity index (χ3v) is 4.75. The van der Waals surface area contributed by atoms with Gasteiger partial charge < -0.3 is 5.32 Å². The van der Waals surface area contributed by atoms with Crippen LogP contribution in [-0.4, -0.2) is 20.7 Å². The van der Waals surface area contributed by atoms with Crippen molar-refractivity contribution in [1.29, 1.82) is 0 Å². The third kappa shape index (κ3) is 3.61. The molecule has 9 heteroatoms. The Labute approximate surface area is 174 Å². The molecule has 0 aliphatic carbocycles.